The molecule has 0 amide bonds. The number of aliphatic hydroxyl groups excluding tert-OH is 1. The zero-order valence-electron chi connectivity index (χ0n) is 18.1. The standard InChI is InChI=1S/C19H31F3N2O5Si/c1-10(2)30(11(3)4,12(5)6)28-9-15-14(25)7-16(29-15)24-8-13(19(20,21)22)17(26)23-18(24)27/h8,10-12,14-16,25H,7,9H2,1-6H3,(H,23,26,27)/t14-,15+,16+/m0/s1. The van der Waals surface area contributed by atoms with Crippen molar-refractivity contribution in [3.05, 3.63) is 32.6 Å². The fourth-order valence-electron chi connectivity index (χ4n) is 4.66. The third kappa shape index (κ3) is 4.73. The van der Waals surface area contributed by atoms with Gasteiger partial charge in [-0.2, -0.15) is 13.2 Å². The van der Waals surface area contributed by atoms with Crippen molar-refractivity contribution in [1.29, 1.82) is 0 Å². The van der Waals surface area contributed by atoms with E-state index in [1.165, 1.54) is 0 Å². The molecule has 3 atom stereocenters. The van der Waals surface area contributed by atoms with E-state index in [0.29, 0.717) is 27.4 Å². The van der Waals surface area contributed by atoms with Crippen LogP contribution in [-0.4, -0.2) is 41.8 Å². The predicted octanol–water partition coefficient (Wildman–Crippen LogP) is 3.40. The van der Waals surface area contributed by atoms with Gasteiger partial charge in [-0.15, -0.1) is 0 Å². The fraction of sp³-hybridized carbons (Fsp3) is 0.789. The highest BCUT2D eigenvalue weighted by Gasteiger charge is 2.47. The van der Waals surface area contributed by atoms with E-state index in [1.807, 2.05) is 0 Å². The molecule has 1 aromatic rings. The maximum Gasteiger partial charge on any atom is 0.423 e. The Morgan fingerprint density at radius 3 is 2.20 bits per heavy atom. The van der Waals surface area contributed by atoms with E-state index in [-0.39, 0.29) is 13.0 Å². The first-order chi connectivity index (χ1) is 13.7. The molecule has 30 heavy (non-hydrogen) atoms. The van der Waals surface area contributed by atoms with Gasteiger partial charge in [-0.3, -0.25) is 14.3 Å². The lowest BCUT2D eigenvalue weighted by Gasteiger charge is -2.42. The molecule has 0 saturated carbocycles. The number of rotatable bonds is 7. The molecule has 1 aromatic heterocycles. The lowest BCUT2D eigenvalue weighted by Crippen LogP contribution is -2.49. The molecule has 11 heteroatoms. The molecule has 2 rings (SSSR count). The maximum atomic E-state index is 13.0. The van der Waals surface area contributed by atoms with Gasteiger partial charge in [-0.05, 0) is 16.6 Å². The summed E-state index contributed by atoms with van der Waals surface area (Å²) in [5.74, 6) is 0. The first-order valence-corrected chi connectivity index (χ1v) is 12.3. The number of aromatic nitrogens is 2. The number of H-pyrrole nitrogens is 1. The molecule has 0 bridgehead atoms. The van der Waals surface area contributed by atoms with Crippen LogP contribution in [0.15, 0.2) is 15.8 Å². The Labute approximate surface area is 174 Å². The lowest BCUT2D eigenvalue weighted by molar-refractivity contribution is -0.139. The molecular weight excluding hydrogens is 421 g/mol. The van der Waals surface area contributed by atoms with Gasteiger partial charge >= 0.3 is 11.9 Å². The number of nitrogens with one attached hydrogen (secondary N) is 1. The highest BCUT2D eigenvalue weighted by Crippen LogP contribution is 2.43. The second-order valence-corrected chi connectivity index (χ2v) is 14.2. The van der Waals surface area contributed by atoms with Gasteiger partial charge < -0.3 is 14.3 Å². The Morgan fingerprint density at radius 2 is 1.73 bits per heavy atom. The Hall–Kier alpha value is -1.43. The summed E-state index contributed by atoms with van der Waals surface area (Å²) >= 11 is 0. The molecule has 1 aliphatic rings. The third-order valence-electron chi connectivity index (χ3n) is 5.99. The number of ether oxygens (including phenoxy) is 1. The summed E-state index contributed by atoms with van der Waals surface area (Å²) in [6.45, 7) is 12.7. The number of hydrogen-bond acceptors (Lipinski definition) is 5. The van der Waals surface area contributed by atoms with Crippen LogP contribution in [0.2, 0.25) is 16.6 Å². The van der Waals surface area contributed by atoms with Crippen LogP contribution >= 0.6 is 0 Å². The maximum absolute atomic E-state index is 13.0. The molecule has 0 unspecified atom stereocenters. The van der Waals surface area contributed by atoms with Crippen LogP contribution in [0.25, 0.3) is 0 Å². The average molecular weight is 453 g/mol. The number of halogens is 3. The fourth-order valence-corrected chi connectivity index (χ4v) is 10.1. The van der Waals surface area contributed by atoms with Gasteiger partial charge in [-0.25, -0.2) is 4.79 Å². The van der Waals surface area contributed by atoms with Crippen molar-refractivity contribution in [2.45, 2.75) is 89.2 Å². The summed E-state index contributed by atoms with van der Waals surface area (Å²) in [4.78, 5) is 25.2. The minimum Gasteiger partial charge on any atom is -0.413 e. The van der Waals surface area contributed by atoms with Gasteiger partial charge in [0.2, 0.25) is 0 Å². The van der Waals surface area contributed by atoms with Crippen LogP contribution in [-0.2, 0) is 15.3 Å². The summed E-state index contributed by atoms with van der Waals surface area (Å²) in [6, 6.07) is 0. The number of alkyl halides is 3. The minimum absolute atomic E-state index is 0.0860. The molecule has 1 saturated heterocycles. The average Bonchev–Trinajstić information content (AvgIpc) is 2.93. The molecule has 0 aliphatic carbocycles. The van der Waals surface area contributed by atoms with Crippen LogP contribution in [0.4, 0.5) is 13.2 Å². The lowest BCUT2D eigenvalue weighted by atomic mass is 10.2. The Balaban J connectivity index is 2.25. The summed E-state index contributed by atoms with van der Waals surface area (Å²) in [6.07, 6.45) is -7.49. The number of nitrogens with zero attached hydrogens (tertiary/aromatic N) is 1. The van der Waals surface area contributed by atoms with E-state index < -0.39 is 49.7 Å². The van der Waals surface area contributed by atoms with Crippen molar-refractivity contribution in [1.82, 2.24) is 9.55 Å². The second kappa shape index (κ2) is 8.97. The second-order valence-electron chi connectivity index (χ2n) is 8.77. The molecule has 0 aromatic carbocycles. The quantitative estimate of drug-likeness (QED) is 0.619. The van der Waals surface area contributed by atoms with Crippen molar-refractivity contribution in [2.75, 3.05) is 6.61 Å². The Kier molecular flexibility index (Phi) is 7.43. The summed E-state index contributed by atoms with van der Waals surface area (Å²) in [5.41, 5.74) is -3.11. The van der Waals surface area contributed by atoms with E-state index in [0.717, 1.165) is 0 Å². The summed E-state index contributed by atoms with van der Waals surface area (Å²) < 4.78 is 51.9. The van der Waals surface area contributed by atoms with Gasteiger partial charge in [0.1, 0.15) is 17.9 Å². The zero-order chi connectivity index (χ0) is 23.0. The molecule has 172 valence electrons. The van der Waals surface area contributed by atoms with E-state index in [9.17, 15) is 27.9 Å². The van der Waals surface area contributed by atoms with E-state index >= 15 is 0 Å². The molecule has 2 heterocycles. The van der Waals surface area contributed by atoms with Crippen LogP contribution < -0.4 is 11.2 Å². The topological polar surface area (TPSA) is 93.5 Å². The highest BCUT2D eigenvalue weighted by molar-refractivity contribution is 6.77. The van der Waals surface area contributed by atoms with Crippen LogP contribution in [0, 0.1) is 0 Å². The Morgan fingerprint density at radius 1 is 1.20 bits per heavy atom. The van der Waals surface area contributed by atoms with Crippen molar-refractivity contribution in [3.8, 4) is 0 Å². The van der Waals surface area contributed by atoms with Gasteiger partial charge in [-0.1, -0.05) is 41.5 Å². The van der Waals surface area contributed by atoms with Crippen molar-refractivity contribution < 1.29 is 27.4 Å². The Bertz CT molecular complexity index is 828. The monoisotopic (exact) mass is 452 g/mol. The summed E-state index contributed by atoms with van der Waals surface area (Å²) in [5, 5.41) is 10.4. The van der Waals surface area contributed by atoms with Crippen molar-refractivity contribution in [3.63, 3.8) is 0 Å². The van der Waals surface area contributed by atoms with E-state index in [2.05, 4.69) is 41.5 Å². The predicted molar refractivity (Wildman–Crippen MR) is 108 cm³/mol. The minimum atomic E-state index is -4.92. The van der Waals surface area contributed by atoms with Crippen LogP contribution in [0.3, 0.4) is 0 Å². The molecule has 1 fully saturated rings. The normalized spacial score (nSPS) is 23.2. The number of hydrogen-bond donors (Lipinski definition) is 2. The zero-order valence-corrected chi connectivity index (χ0v) is 19.1. The highest BCUT2D eigenvalue weighted by atomic mass is 28.4. The first-order valence-electron chi connectivity index (χ1n) is 10.1. The molecule has 0 radical (unpaired) electrons. The SMILES string of the molecule is CC(C)[Si](OC[C@H]1O[C@@H](n2cc(C(F)(F)F)c(=O)[nH]c2=O)C[C@@H]1O)(C(C)C)C(C)C. The van der Waals surface area contributed by atoms with Gasteiger partial charge in [0.15, 0.2) is 8.32 Å². The number of aliphatic hydroxyl groups is 1. The van der Waals surface area contributed by atoms with Gasteiger partial charge in [0, 0.05) is 12.6 Å². The van der Waals surface area contributed by atoms with Gasteiger partial charge in [0.05, 0.1) is 12.7 Å². The van der Waals surface area contributed by atoms with Crippen molar-refractivity contribution in [2.24, 2.45) is 0 Å². The smallest absolute Gasteiger partial charge is 0.413 e. The first kappa shape index (κ1) is 24.8. The molecule has 7 nitrogen and oxygen atoms in total. The van der Waals surface area contributed by atoms with E-state index in [1.54, 1.807) is 4.98 Å². The third-order valence-corrected chi connectivity index (χ3v) is 12.1. The number of aromatic amines is 1. The molecule has 0 spiro atoms. The molecular formula is C19H31F3N2O5Si. The van der Waals surface area contributed by atoms with Crippen LogP contribution in [0.5, 0.6) is 0 Å². The van der Waals surface area contributed by atoms with Gasteiger partial charge in [0.25, 0.3) is 5.56 Å². The van der Waals surface area contributed by atoms with Crippen LogP contribution in [0.1, 0.15) is 59.8 Å². The van der Waals surface area contributed by atoms with E-state index in [4.69, 9.17) is 9.16 Å². The summed E-state index contributed by atoms with van der Waals surface area (Å²) in [7, 11) is -2.23. The largest absolute Gasteiger partial charge is 0.423 e. The van der Waals surface area contributed by atoms with Crippen molar-refractivity contribution >= 4 is 8.32 Å². The molecule has 1 aliphatic heterocycles. The molecule has 2 N–H and O–H groups in total.